The normalized spacial score (nSPS) is 26.3. The molecule has 0 N–H and O–H groups in total. The lowest BCUT2D eigenvalue weighted by Crippen LogP contribution is -2.44. The molecule has 6 heteroatoms. The van der Waals surface area contributed by atoms with Crippen LogP contribution in [0.2, 0.25) is 0 Å². The molecule has 0 radical (unpaired) electrons. The third-order valence-corrected chi connectivity index (χ3v) is 5.41. The van der Waals surface area contributed by atoms with E-state index in [2.05, 4.69) is 20.9 Å². The minimum absolute atomic E-state index is 0.631. The Balaban J connectivity index is 1.40. The Bertz CT molecular complexity index is 704. The number of nitrogens with zero attached hydrogens (tertiary/aromatic N) is 5. The summed E-state index contributed by atoms with van der Waals surface area (Å²) >= 11 is 0. The van der Waals surface area contributed by atoms with E-state index in [1.54, 1.807) is 0 Å². The van der Waals surface area contributed by atoms with E-state index in [1.807, 2.05) is 16.9 Å². The third kappa shape index (κ3) is 2.50. The lowest BCUT2D eigenvalue weighted by molar-refractivity contribution is 0.0209. The first-order valence-corrected chi connectivity index (χ1v) is 8.79. The summed E-state index contributed by atoms with van der Waals surface area (Å²) in [4.78, 5) is 9.70. The van der Waals surface area contributed by atoms with Crippen molar-refractivity contribution in [2.45, 2.75) is 31.2 Å². The molecule has 1 unspecified atom stereocenters. The van der Waals surface area contributed by atoms with Crippen LogP contribution in [0.4, 0.5) is 5.82 Å². The largest absolute Gasteiger partial charge is 0.379 e. The van der Waals surface area contributed by atoms with Crippen LogP contribution in [0.1, 0.15) is 30.9 Å². The lowest BCUT2D eigenvalue weighted by Gasteiger charge is -2.32. The van der Waals surface area contributed by atoms with E-state index in [4.69, 9.17) is 9.84 Å². The van der Waals surface area contributed by atoms with Crippen molar-refractivity contribution >= 4 is 11.3 Å². The van der Waals surface area contributed by atoms with Crippen LogP contribution in [0.3, 0.4) is 0 Å². The van der Waals surface area contributed by atoms with E-state index in [-0.39, 0.29) is 0 Å². The Morgan fingerprint density at radius 1 is 1.09 bits per heavy atom. The van der Waals surface area contributed by atoms with Crippen molar-refractivity contribution in [1.29, 1.82) is 0 Å². The number of rotatable bonds is 3. The number of morpholine rings is 1. The van der Waals surface area contributed by atoms with Gasteiger partial charge in [-0.2, -0.15) is 5.10 Å². The maximum absolute atomic E-state index is 5.48. The van der Waals surface area contributed by atoms with Crippen molar-refractivity contribution in [3.8, 4) is 0 Å². The molecular weight excluding hydrogens is 290 g/mol. The molecule has 1 atom stereocenters. The average Bonchev–Trinajstić information content (AvgIpc) is 3.17. The highest BCUT2D eigenvalue weighted by atomic mass is 16.5. The first kappa shape index (κ1) is 13.7. The van der Waals surface area contributed by atoms with Gasteiger partial charge in [0.25, 0.3) is 0 Å². The van der Waals surface area contributed by atoms with E-state index >= 15 is 0 Å². The Hall–Kier alpha value is -1.66. The van der Waals surface area contributed by atoms with Crippen LogP contribution in [-0.2, 0) is 4.74 Å². The summed E-state index contributed by atoms with van der Waals surface area (Å²) in [5.74, 6) is 1.78. The van der Waals surface area contributed by atoms with Gasteiger partial charge in [-0.1, -0.05) is 0 Å². The van der Waals surface area contributed by atoms with E-state index < -0.39 is 0 Å². The molecule has 1 aliphatic carbocycles. The van der Waals surface area contributed by atoms with Gasteiger partial charge in [-0.3, -0.25) is 4.90 Å². The highest BCUT2D eigenvalue weighted by molar-refractivity contribution is 5.69. The molecule has 4 heterocycles. The molecule has 2 aliphatic heterocycles. The second-order valence-corrected chi connectivity index (χ2v) is 6.96. The summed E-state index contributed by atoms with van der Waals surface area (Å²) in [5, 5.41) is 4.74. The van der Waals surface area contributed by atoms with Gasteiger partial charge in [0.15, 0.2) is 5.82 Å². The van der Waals surface area contributed by atoms with Crippen molar-refractivity contribution in [2.75, 3.05) is 44.3 Å². The van der Waals surface area contributed by atoms with Crippen molar-refractivity contribution < 1.29 is 4.74 Å². The van der Waals surface area contributed by atoms with Gasteiger partial charge in [0, 0.05) is 50.5 Å². The number of fused-ring (bicyclic) bond motifs is 1. The van der Waals surface area contributed by atoms with Crippen LogP contribution < -0.4 is 4.90 Å². The molecule has 5 rings (SSSR count). The summed E-state index contributed by atoms with van der Waals surface area (Å²) in [7, 11) is 0. The van der Waals surface area contributed by atoms with E-state index in [1.165, 1.54) is 25.0 Å². The maximum Gasteiger partial charge on any atom is 0.154 e. The molecule has 3 aliphatic rings. The fourth-order valence-corrected chi connectivity index (χ4v) is 3.92. The maximum atomic E-state index is 5.48. The van der Waals surface area contributed by atoms with Crippen LogP contribution in [0.15, 0.2) is 18.5 Å². The monoisotopic (exact) mass is 313 g/mol. The van der Waals surface area contributed by atoms with Gasteiger partial charge in [-0.05, 0) is 25.3 Å². The van der Waals surface area contributed by atoms with Gasteiger partial charge in [-0.15, -0.1) is 0 Å². The number of anilines is 1. The van der Waals surface area contributed by atoms with E-state index in [9.17, 15) is 0 Å². The molecule has 2 aromatic heterocycles. The number of hydrogen-bond acceptors (Lipinski definition) is 5. The number of ether oxygens (including phenoxy) is 1. The quantitative estimate of drug-likeness (QED) is 0.860. The molecule has 0 bridgehead atoms. The molecular formula is C17H23N5O. The van der Waals surface area contributed by atoms with Crippen molar-refractivity contribution in [3.63, 3.8) is 0 Å². The van der Waals surface area contributed by atoms with E-state index in [0.717, 1.165) is 50.7 Å². The minimum atomic E-state index is 0.631. The third-order valence-electron chi connectivity index (χ3n) is 5.41. The smallest absolute Gasteiger partial charge is 0.154 e. The highest BCUT2D eigenvalue weighted by Crippen LogP contribution is 2.40. The van der Waals surface area contributed by atoms with Gasteiger partial charge >= 0.3 is 0 Å². The van der Waals surface area contributed by atoms with Crippen LogP contribution in [0.25, 0.3) is 5.52 Å². The van der Waals surface area contributed by atoms with Crippen LogP contribution in [0, 0.1) is 0 Å². The van der Waals surface area contributed by atoms with Gasteiger partial charge in [0.2, 0.25) is 0 Å². The zero-order valence-corrected chi connectivity index (χ0v) is 13.4. The molecule has 3 fully saturated rings. The second kappa shape index (κ2) is 5.46. The molecule has 2 aromatic rings. The molecule has 0 aromatic carbocycles. The second-order valence-electron chi connectivity index (χ2n) is 6.96. The fourth-order valence-electron chi connectivity index (χ4n) is 3.92. The number of hydrogen-bond donors (Lipinski definition) is 0. The van der Waals surface area contributed by atoms with Gasteiger partial charge < -0.3 is 9.64 Å². The standard InChI is InChI=1S/C17H23N5O/c1-2-13(1)15-11-16-17(18-4-6-22(16)19-15)21-5-3-14(12-21)20-7-9-23-10-8-20/h4,6,11,13-14H,1-3,5,7-10,12H2. The molecule has 2 saturated heterocycles. The molecule has 1 saturated carbocycles. The number of aromatic nitrogens is 3. The van der Waals surface area contributed by atoms with Crippen LogP contribution >= 0.6 is 0 Å². The van der Waals surface area contributed by atoms with E-state index in [0.29, 0.717) is 12.0 Å². The topological polar surface area (TPSA) is 45.9 Å². The zero-order valence-electron chi connectivity index (χ0n) is 13.4. The SMILES string of the molecule is c1cn2nc(C3CC3)cc2c(N2CCC(N3CCOCC3)C2)n1. The zero-order chi connectivity index (χ0) is 15.2. The predicted octanol–water partition coefficient (Wildman–Crippen LogP) is 1.52. The Morgan fingerprint density at radius 2 is 1.96 bits per heavy atom. The first-order valence-electron chi connectivity index (χ1n) is 8.79. The van der Waals surface area contributed by atoms with Crippen LogP contribution in [0.5, 0.6) is 0 Å². The Kier molecular flexibility index (Phi) is 3.26. The van der Waals surface area contributed by atoms with Crippen molar-refractivity contribution in [1.82, 2.24) is 19.5 Å². The summed E-state index contributed by atoms with van der Waals surface area (Å²) < 4.78 is 7.49. The van der Waals surface area contributed by atoms with Gasteiger partial charge in [0.05, 0.1) is 18.9 Å². The Morgan fingerprint density at radius 3 is 2.78 bits per heavy atom. The lowest BCUT2D eigenvalue weighted by atomic mass is 10.2. The summed E-state index contributed by atoms with van der Waals surface area (Å²) in [6.45, 7) is 6.02. The minimum Gasteiger partial charge on any atom is -0.379 e. The highest BCUT2D eigenvalue weighted by Gasteiger charge is 2.31. The first-order chi connectivity index (χ1) is 11.4. The Labute approximate surface area is 136 Å². The predicted molar refractivity (Wildman–Crippen MR) is 88.0 cm³/mol. The van der Waals surface area contributed by atoms with Gasteiger partial charge in [-0.25, -0.2) is 9.50 Å². The van der Waals surface area contributed by atoms with Gasteiger partial charge in [0.1, 0.15) is 5.52 Å². The molecule has 0 amide bonds. The molecule has 23 heavy (non-hydrogen) atoms. The van der Waals surface area contributed by atoms with Crippen molar-refractivity contribution in [2.24, 2.45) is 0 Å². The summed E-state index contributed by atoms with van der Waals surface area (Å²) in [6.07, 6.45) is 7.64. The molecule has 0 spiro atoms. The average molecular weight is 313 g/mol. The summed E-state index contributed by atoms with van der Waals surface area (Å²) in [6, 6.07) is 2.88. The summed E-state index contributed by atoms with van der Waals surface area (Å²) in [5.41, 5.74) is 2.40. The molecule has 122 valence electrons. The van der Waals surface area contributed by atoms with Crippen molar-refractivity contribution in [3.05, 3.63) is 24.2 Å². The van der Waals surface area contributed by atoms with Crippen LogP contribution in [-0.4, -0.2) is 64.9 Å². The molecule has 6 nitrogen and oxygen atoms in total. The fraction of sp³-hybridized carbons (Fsp3) is 0.647.